The first-order valence-corrected chi connectivity index (χ1v) is 7.17. The predicted molar refractivity (Wildman–Crippen MR) is 77.7 cm³/mol. The summed E-state index contributed by atoms with van der Waals surface area (Å²) in [4.78, 5) is 6.93. The molecule has 1 atom stereocenters. The average Bonchev–Trinajstić information content (AvgIpc) is 2.89. The third-order valence-electron chi connectivity index (χ3n) is 3.92. The Balaban J connectivity index is 1.98. The van der Waals surface area contributed by atoms with Crippen molar-refractivity contribution in [2.45, 2.75) is 25.8 Å². The van der Waals surface area contributed by atoms with Gasteiger partial charge in [0.05, 0.1) is 12.6 Å². The smallest absolute Gasteiger partial charge is 0.205 e. The van der Waals surface area contributed by atoms with Gasteiger partial charge in [0.15, 0.2) is 0 Å². The molecule has 0 spiro atoms. The van der Waals surface area contributed by atoms with Crippen LogP contribution >= 0.6 is 0 Å². The average molecular weight is 266 g/mol. The van der Waals surface area contributed by atoms with Gasteiger partial charge in [-0.15, -0.1) is 0 Å². The minimum Gasteiger partial charge on any atom is -0.383 e. The van der Waals surface area contributed by atoms with E-state index in [2.05, 4.69) is 32.9 Å². The summed E-state index contributed by atoms with van der Waals surface area (Å²) in [6.07, 6.45) is 6.43. The highest BCUT2D eigenvalue weighted by Gasteiger charge is 2.22. The number of hydrogen-bond acceptors (Lipinski definition) is 4. The lowest BCUT2D eigenvalue weighted by molar-refractivity contribution is 0.162. The van der Waals surface area contributed by atoms with Gasteiger partial charge in [-0.2, -0.15) is 0 Å². The number of nitrogens with one attached hydrogen (secondary N) is 1. The van der Waals surface area contributed by atoms with Gasteiger partial charge in [0.25, 0.3) is 0 Å². The maximum absolute atomic E-state index is 5.24. The van der Waals surface area contributed by atoms with E-state index in [1.165, 1.54) is 12.8 Å². The Kier molecular flexibility index (Phi) is 5.22. The number of hydrogen-bond donors (Lipinski definition) is 1. The summed E-state index contributed by atoms with van der Waals surface area (Å²) in [6, 6.07) is 0.331. The van der Waals surface area contributed by atoms with Crippen LogP contribution in [0.1, 0.15) is 25.8 Å². The van der Waals surface area contributed by atoms with Gasteiger partial charge in [-0.1, -0.05) is 0 Å². The van der Waals surface area contributed by atoms with Crippen LogP contribution in [0.25, 0.3) is 0 Å². The van der Waals surface area contributed by atoms with Gasteiger partial charge < -0.3 is 19.5 Å². The Morgan fingerprint density at radius 3 is 2.84 bits per heavy atom. The molecule has 2 heterocycles. The molecule has 5 heteroatoms. The standard InChI is InChI=1S/C14H26N4O/c1-12(11-19-3)18-9-6-16-14(18)17-7-4-13(5-8-17)10-15-2/h6,9,12-13,15H,4-5,7-8,10-11H2,1-3H3. The van der Waals surface area contributed by atoms with Crippen LogP contribution in [0.4, 0.5) is 5.95 Å². The lowest BCUT2D eigenvalue weighted by Gasteiger charge is -2.33. The van der Waals surface area contributed by atoms with Crippen molar-refractivity contribution in [1.29, 1.82) is 0 Å². The van der Waals surface area contributed by atoms with E-state index in [4.69, 9.17) is 4.74 Å². The monoisotopic (exact) mass is 266 g/mol. The molecule has 1 aromatic heterocycles. The molecule has 1 N–H and O–H groups in total. The largest absolute Gasteiger partial charge is 0.383 e. The molecule has 1 aliphatic heterocycles. The summed E-state index contributed by atoms with van der Waals surface area (Å²) >= 11 is 0. The maximum Gasteiger partial charge on any atom is 0.205 e. The summed E-state index contributed by atoms with van der Waals surface area (Å²) in [5, 5.41) is 3.28. The first-order chi connectivity index (χ1) is 9.26. The molecule has 1 saturated heterocycles. The van der Waals surface area contributed by atoms with Crippen LogP contribution in [0.15, 0.2) is 12.4 Å². The second kappa shape index (κ2) is 6.91. The number of rotatable bonds is 6. The molecular weight excluding hydrogens is 240 g/mol. The van der Waals surface area contributed by atoms with Crippen LogP contribution in [-0.2, 0) is 4.74 Å². The molecule has 0 aliphatic carbocycles. The number of nitrogens with zero attached hydrogens (tertiary/aromatic N) is 3. The van der Waals surface area contributed by atoms with Gasteiger partial charge in [0.1, 0.15) is 0 Å². The Morgan fingerprint density at radius 2 is 2.21 bits per heavy atom. The Morgan fingerprint density at radius 1 is 1.47 bits per heavy atom. The SMILES string of the molecule is CNCC1CCN(c2nccn2C(C)COC)CC1. The highest BCUT2D eigenvalue weighted by molar-refractivity contribution is 5.32. The van der Waals surface area contributed by atoms with E-state index in [0.717, 1.165) is 38.1 Å². The fourth-order valence-corrected chi connectivity index (χ4v) is 2.84. The van der Waals surface area contributed by atoms with Gasteiger partial charge in [-0.25, -0.2) is 4.98 Å². The first-order valence-electron chi connectivity index (χ1n) is 7.17. The number of imidazole rings is 1. The Labute approximate surface area is 116 Å². The summed E-state index contributed by atoms with van der Waals surface area (Å²) in [7, 11) is 3.78. The summed E-state index contributed by atoms with van der Waals surface area (Å²) in [5.41, 5.74) is 0. The number of anilines is 1. The van der Waals surface area contributed by atoms with Crippen molar-refractivity contribution in [3.05, 3.63) is 12.4 Å². The molecule has 0 saturated carbocycles. The second-order valence-electron chi connectivity index (χ2n) is 5.43. The molecule has 1 aromatic rings. The second-order valence-corrected chi connectivity index (χ2v) is 5.43. The quantitative estimate of drug-likeness (QED) is 0.848. The van der Waals surface area contributed by atoms with Crippen molar-refractivity contribution < 1.29 is 4.74 Å². The van der Waals surface area contributed by atoms with E-state index in [1.807, 2.05) is 13.2 Å². The van der Waals surface area contributed by atoms with Crippen molar-refractivity contribution in [3.8, 4) is 0 Å². The Bertz CT molecular complexity index is 371. The third-order valence-corrected chi connectivity index (χ3v) is 3.92. The summed E-state index contributed by atoms with van der Waals surface area (Å²) in [6.45, 7) is 6.22. The molecule has 1 aliphatic rings. The van der Waals surface area contributed by atoms with Crippen molar-refractivity contribution in [1.82, 2.24) is 14.9 Å². The molecule has 108 valence electrons. The molecule has 0 radical (unpaired) electrons. The molecule has 0 aromatic carbocycles. The van der Waals surface area contributed by atoms with E-state index in [9.17, 15) is 0 Å². The van der Waals surface area contributed by atoms with Crippen molar-refractivity contribution >= 4 is 5.95 Å². The normalized spacial score (nSPS) is 18.8. The zero-order chi connectivity index (χ0) is 13.7. The van der Waals surface area contributed by atoms with Crippen molar-refractivity contribution in [2.24, 2.45) is 5.92 Å². The van der Waals surface area contributed by atoms with Gasteiger partial charge >= 0.3 is 0 Å². The summed E-state index contributed by atoms with van der Waals surface area (Å²) < 4.78 is 7.47. The molecule has 1 unspecified atom stereocenters. The topological polar surface area (TPSA) is 42.3 Å². The molecule has 1 fully saturated rings. The van der Waals surface area contributed by atoms with Crippen LogP contribution in [0, 0.1) is 5.92 Å². The van der Waals surface area contributed by atoms with E-state index in [0.29, 0.717) is 6.04 Å². The number of ether oxygens (including phenoxy) is 1. The van der Waals surface area contributed by atoms with E-state index >= 15 is 0 Å². The van der Waals surface area contributed by atoms with Crippen molar-refractivity contribution in [3.63, 3.8) is 0 Å². The molecule has 2 rings (SSSR count). The lowest BCUT2D eigenvalue weighted by Crippen LogP contribution is -2.38. The highest BCUT2D eigenvalue weighted by atomic mass is 16.5. The van der Waals surface area contributed by atoms with Crippen LogP contribution in [0.5, 0.6) is 0 Å². The van der Waals surface area contributed by atoms with Crippen LogP contribution in [-0.4, -0.2) is 49.9 Å². The van der Waals surface area contributed by atoms with Gasteiger partial charge in [0, 0.05) is 32.6 Å². The zero-order valence-corrected chi connectivity index (χ0v) is 12.3. The van der Waals surface area contributed by atoms with Crippen molar-refractivity contribution in [2.75, 3.05) is 45.3 Å². The third kappa shape index (κ3) is 3.48. The minimum absolute atomic E-state index is 0.331. The van der Waals surface area contributed by atoms with Crippen LogP contribution in [0.3, 0.4) is 0 Å². The van der Waals surface area contributed by atoms with Gasteiger partial charge in [0.2, 0.25) is 5.95 Å². The molecular formula is C14H26N4O. The highest BCUT2D eigenvalue weighted by Crippen LogP contribution is 2.24. The van der Waals surface area contributed by atoms with E-state index < -0.39 is 0 Å². The number of piperidine rings is 1. The molecule has 5 nitrogen and oxygen atoms in total. The van der Waals surface area contributed by atoms with Crippen LogP contribution in [0.2, 0.25) is 0 Å². The minimum atomic E-state index is 0.331. The molecule has 0 amide bonds. The molecule has 0 bridgehead atoms. The zero-order valence-electron chi connectivity index (χ0n) is 12.3. The fourth-order valence-electron chi connectivity index (χ4n) is 2.84. The fraction of sp³-hybridized carbons (Fsp3) is 0.786. The van der Waals surface area contributed by atoms with E-state index in [-0.39, 0.29) is 0 Å². The Hall–Kier alpha value is -1.07. The van der Waals surface area contributed by atoms with Gasteiger partial charge in [-0.3, -0.25) is 0 Å². The number of methoxy groups -OCH3 is 1. The lowest BCUT2D eigenvalue weighted by atomic mass is 9.97. The van der Waals surface area contributed by atoms with Crippen LogP contribution < -0.4 is 10.2 Å². The molecule has 19 heavy (non-hydrogen) atoms. The number of aromatic nitrogens is 2. The first kappa shape index (κ1) is 14.3. The summed E-state index contributed by atoms with van der Waals surface area (Å²) in [5.74, 6) is 1.90. The van der Waals surface area contributed by atoms with Gasteiger partial charge in [-0.05, 0) is 39.3 Å². The maximum atomic E-state index is 5.24. The van der Waals surface area contributed by atoms with E-state index in [1.54, 1.807) is 7.11 Å². The predicted octanol–water partition coefficient (Wildman–Crippen LogP) is 1.53.